The molecule has 0 aliphatic carbocycles. The van der Waals surface area contributed by atoms with Crippen LogP contribution >= 0.6 is 130 Å². The predicted octanol–water partition coefficient (Wildman–Crippen LogP) is 9.77. The number of aliphatic hydroxyl groups is 1. The van der Waals surface area contributed by atoms with Gasteiger partial charge in [0.15, 0.2) is 17.4 Å². The van der Waals surface area contributed by atoms with Crippen LogP contribution in [0.3, 0.4) is 0 Å². The largest absolute Gasteiger partial charge is 1.00 e. The molecule has 0 unspecified atom stereocenters. The van der Waals surface area contributed by atoms with Gasteiger partial charge in [0.25, 0.3) is 0 Å². The zero-order chi connectivity index (χ0) is 50.5. The summed E-state index contributed by atoms with van der Waals surface area (Å²) in [6, 6.07) is 24.4. The number of methoxy groups -OCH3 is 8. The van der Waals surface area contributed by atoms with Gasteiger partial charge in [0, 0.05) is 23.2 Å². The molecule has 5 aromatic carbocycles. The molecule has 0 atom stereocenters. The number of halogens is 8. The molecular formula is C43H51AlBr8LiN2O12P. The van der Waals surface area contributed by atoms with Crippen LogP contribution in [0.2, 0.25) is 0 Å². The molecule has 0 saturated carbocycles. The second-order valence-corrected chi connectivity index (χ2v) is 31.4. The molecule has 5 rings (SSSR count). The Labute approximate surface area is 488 Å². The molecule has 14 nitrogen and oxygen atoms in total. The third kappa shape index (κ3) is 28.5. The summed E-state index contributed by atoms with van der Waals surface area (Å²) in [6.07, 6.45) is 0. The van der Waals surface area contributed by atoms with Crippen molar-refractivity contribution in [3.8, 4) is 28.7 Å². The van der Waals surface area contributed by atoms with Crippen molar-refractivity contribution in [2.24, 2.45) is 0 Å². The minimum Gasteiger partial charge on any atom is -1.00 e. The molecule has 0 fully saturated rings. The van der Waals surface area contributed by atoms with Crippen LogP contribution in [0.4, 0.5) is 11.4 Å². The van der Waals surface area contributed by atoms with E-state index < -0.39 is 11.9 Å². The maximum absolute atomic E-state index is 11.2. The van der Waals surface area contributed by atoms with E-state index in [0.29, 0.717) is 49.8 Å². The minimum absolute atomic E-state index is 0. The molecule has 68 heavy (non-hydrogen) atoms. The van der Waals surface area contributed by atoms with Gasteiger partial charge in [-0.05, 0) is 158 Å². The summed E-state index contributed by atoms with van der Waals surface area (Å²) in [7, 11) is 11.8. The SMILES string of the molecule is BrP(Br)Br.COC(=O)c1cc(Br)c(N)c(OC)c1.COC(=O)c1cc(Br)cc(OC)c1.COC(=O)c1ccc(N)c(OC)c1.COc1cc(Br)cc(CBr)c1.COc1cc(Br)cc(CO)c1.[AlH3].[H-].[Li+]. The summed E-state index contributed by atoms with van der Waals surface area (Å²) in [5, 5.41) is 9.66. The number of nitrogen functional groups attached to an aromatic ring is 2. The normalized spacial score (nSPS) is 9.26. The molecule has 25 heteroatoms. The number of carbonyl (C=O) groups is 3. The average molecular weight is 1490 g/mol. The van der Waals surface area contributed by atoms with E-state index >= 15 is 0 Å². The van der Waals surface area contributed by atoms with Gasteiger partial charge in [-0.3, -0.25) is 0 Å². The van der Waals surface area contributed by atoms with Crippen molar-refractivity contribution in [3.63, 3.8) is 0 Å². The Morgan fingerprint density at radius 1 is 0.544 bits per heavy atom. The summed E-state index contributed by atoms with van der Waals surface area (Å²) in [6.45, 7) is 0.0375. The van der Waals surface area contributed by atoms with Gasteiger partial charge < -0.3 is 55.9 Å². The summed E-state index contributed by atoms with van der Waals surface area (Å²) < 4.78 is 41.9. The molecule has 0 radical (unpaired) electrons. The van der Waals surface area contributed by atoms with Gasteiger partial charge in [-0.1, -0.05) is 63.7 Å². The number of alkyl halides is 1. The third-order valence-corrected chi connectivity index (χ3v) is 10.3. The monoisotopic (exact) mass is 1480 g/mol. The van der Waals surface area contributed by atoms with Gasteiger partial charge in [-0.25, -0.2) is 14.4 Å². The van der Waals surface area contributed by atoms with Gasteiger partial charge in [0.2, 0.25) is 0 Å². The van der Waals surface area contributed by atoms with E-state index in [2.05, 4.69) is 146 Å². The standard InChI is InChI=1S/C9H10BrNO3.C9H9BrO3.C9H11NO3.C8H8Br2O.C8H9BrO2.Al.Br3P.Li.4H/c1-13-7-4-5(9(12)14-2)3-6(10)8(7)11;1-12-8-4-6(9(11)13-2)3-7(10)5-8;1-12-8-5-6(9(11)13-2)3-4-7(8)10;1-11-8-3-6(5-9)2-7(10)4-8;1-11-8-3-6(5-10)2-7(9)4-8;;1-4(2)3;;;;;/h3-4H,11H2,1-2H3;3-5H,1-2H3;3-5H,10H2,1-2H3;2-4H,5H2,1H3;2-4,10H,5H2,1H3;;;;;;;/q;;;;;;;+1;;;;-1. The smallest absolute Gasteiger partial charge is 1.00 e. The van der Waals surface area contributed by atoms with Gasteiger partial charge in [0.05, 0.1) is 91.6 Å². The Kier molecular flexibility index (Phi) is 41.6. The molecule has 370 valence electrons. The van der Waals surface area contributed by atoms with E-state index in [9.17, 15) is 14.4 Å². The average Bonchev–Trinajstić information content (AvgIpc) is 3.31. The molecule has 0 saturated heterocycles. The Morgan fingerprint density at radius 2 is 0.926 bits per heavy atom. The van der Waals surface area contributed by atoms with Crippen molar-refractivity contribution in [1.82, 2.24) is 0 Å². The fourth-order valence-corrected chi connectivity index (χ4v) is 6.79. The first-order valence-corrected chi connectivity index (χ1v) is 29.7. The van der Waals surface area contributed by atoms with Crippen LogP contribution in [0, 0.1) is 0 Å². The van der Waals surface area contributed by atoms with Crippen molar-refractivity contribution in [3.05, 3.63) is 131 Å². The number of anilines is 2. The first-order valence-electron chi connectivity index (χ1n) is 18.0. The second-order valence-electron chi connectivity index (χ2n) is 11.9. The van der Waals surface area contributed by atoms with Crippen LogP contribution in [-0.2, 0) is 26.1 Å². The molecular weight excluding hydrogens is 1440 g/mol. The number of rotatable bonds is 10. The second kappa shape index (κ2) is 40.0. The third-order valence-electron chi connectivity index (χ3n) is 7.59. The molecule has 0 heterocycles. The topological polar surface area (TPSA) is 197 Å². The van der Waals surface area contributed by atoms with Crippen LogP contribution in [0.15, 0.2) is 103 Å². The van der Waals surface area contributed by atoms with Gasteiger partial charge in [-0.15, -0.1) is 0 Å². The number of aliphatic hydroxyl groups excluding tert-OH is 1. The number of ether oxygens (including phenoxy) is 8. The predicted molar refractivity (Wildman–Crippen MR) is 302 cm³/mol. The molecule has 5 aromatic rings. The zero-order valence-electron chi connectivity index (χ0n) is 38.6. The molecule has 0 spiro atoms. The Morgan fingerprint density at radius 3 is 1.34 bits per heavy atom. The Bertz CT molecular complexity index is 2220. The summed E-state index contributed by atoms with van der Waals surface area (Å²) in [5.74, 6) is 1.97. The number of hydrogen-bond acceptors (Lipinski definition) is 14. The first kappa shape index (κ1) is 70.7. The van der Waals surface area contributed by atoms with Crippen LogP contribution in [0.1, 0.15) is 43.6 Å². The van der Waals surface area contributed by atoms with E-state index in [1.165, 1.54) is 47.2 Å². The molecule has 0 amide bonds. The first-order chi connectivity index (χ1) is 31.2. The molecule has 0 aliphatic heterocycles. The number of esters is 3. The molecule has 0 aromatic heterocycles. The van der Waals surface area contributed by atoms with Gasteiger partial charge in [-0.2, -0.15) is 0 Å². The van der Waals surface area contributed by atoms with E-state index in [0.717, 1.165) is 35.8 Å². The maximum atomic E-state index is 11.2. The fraction of sp³-hybridized carbons (Fsp3) is 0.233. The van der Waals surface area contributed by atoms with Crippen LogP contribution < -0.4 is 54.0 Å². The van der Waals surface area contributed by atoms with E-state index in [1.54, 1.807) is 69.9 Å². The van der Waals surface area contributed by atoms with Crippen LogP contribution in [0.5, 0.6) is 28.7 Å². The Hall–Kier alpha value is -1.53. The van der Waals surface area contributed by atoms with Crippen molar-refractivity contribution < 1.29 is 77.7 Å². The van der Waals surface area contributed by atoms with E-state index in [4.69, 9.17) is 40.3 Å². The zero-order valence-corrected chi connectivity index (χ0v) is 51.1. The quantitative estimate of drug-likeness (QED) is 0.0298. The Balaban J connectivity index is -0.000000372. The van der Waals surface area contributed by atoms with E-state index in [1.807, 2.05) is 24.3 Å². The van der Waals surface area contributed by atoms with E-state index in [-0.39, 0.29) is 54.3 Å². The number of carbonyl (C=O) groups excluding carboxylic acids is 3. The summed E-state index contributed by atoms with van der Waals surface area (Å²) in [4.78, 5) is 33.4. The van der Waals surface area contributed by atoms with Crippen LogP contribution in [0.25, 0.3) is 0 Å². The molecule has 5 N–H and O–H groups in total. The maximum Gasteiger partial charge on any atom is 1.00 e. The number of hydrogen-bond donors (Lipinski definition) is 3. The van der Waals surface area contributed by atoms with Crippen molar-refractivity contribution in [2.75, 3.05) is 68.3 Å². The molecule has 0 bridgehead atoms. The summed E-state index contributed by atoms with van der Waals surface area (Å²) in [5.41, 5.74) is 15.5. The molecule has 0 aliphatic rings. The number of nitrogens with two attached hydrogens (primary N) is 2. The van der Waals surface area contributed by atoms with Crippen LogP contribution in [-0.4, -0.2) is 97.3 Å². The number of benzene rings is 5. The summed E-state index contributed by atoms with van der Waals surface area (Å²) >= 11 is 26.1. The van der Waals surface area contributed by atoms with Crippen molar-refractivity contribution >= 4 is 177 Å². The minimum atomic E-state index is -0.427. The van der Waals surface area contributed by atoms with Crippen molar-refractivity contribution in [1.29, 1.82) is 0 Å². The van der Waals surface area contributed by atoms with Crippen molar-refractivity contribution in [2.45, 2.75) is 11.9 Å². The van der Waals surface area contributed by atoms with Gasteiger partial charge in [0.1, 0.15) is 32.8 Å². The fourth-order valence-electron chi connectivity index (χ4n) is 4.52. The van der Waals surface area contributed by atoms with Gasteiger partial charge >= 0.3 is 36.8 Å².